The Morgan fingerprint density at radius 3 is 2.30 bits per heavy atom. The summed E-state index contributed by atoms with van der Waals surface area (Å²) in [6.07, 6.45) is -6.12. The molecule has 0 unspecified atom stereocenters. The highest BCUT2D eigenvalue weighted by molar-refractivity contribution is 5.79. The van der Waals surface area contributed by atoms with Gasteiger partial charge in [0.2, 0.25) is 11.8 Å². The molecule has 0 aliphatic carbocycles. The smallest absolute Gasteiger partial charge is 0.376 e. The normalized spacial score (nSPS) is 18.0. The molecule has 1 saturated heterocycles. The highest BCUT2D eigenvalue weighted by Gasteiger charge is 2.56. The zero-order chi connectivity index (χ0) is 17.3. The molecule has 1 fully saturated rings. The first-order chi connectivity index (χ1) is 10.6. The lowest BCUT2D eigenvalue weighted by atomic mass is 9.89. The second-order valence-electron chi connectivity index (χ2n) is 5.59. The molecule has 1 aliphatic rings. The third kappa shape index (κ3) is 3.64. The molecule has 1 heterocycles. The zero-order valence-electron chi connectivity index (χ0n) is 12.4. The van der Waals surface area contributed by atoms with Crippen molar-refractivity contribution in [3.8, 4) is 0 Å². The number of nitrogens with one attached hydrogen (secondary N) is 1. The number of likely N-dealkylation sites (tertiary alicyclic amines) is 1. The van der Waals surface area contributed by atoms with Crippen molar-refractivity contribution in [2.75, 3.05) is 13.1 Å². The monoisotopic (exact) mass is 330 g/mol. The summed E-state index contributed by atoms with van der Waals surface area (Å²) in [6.45, 7) is 1.89. The second kappa shape index (κ2) is 6.19. The van der Waals surface area contributed by atoms with Gasteiger partial charge in [0.25, 0.3) is 0 Å². The van der Waals surface area contributed by atoms with Gasteiger partial charge in [-0.25, -0.2) is 0 Å². The molecule has 0 spiro atoms. The van der Waals surface area contributed by atoms with E-state index in [-0.39, 0.29) is 30.6 Å². The van der Waals surface area contributed by atoms with Crippen LogP contribution in [0.3, 0.4) is 0 Å². The van der Waals surface area contributed by atoms with E-state index in [0.29, 0.717) is 0 Å². The molecule has 2 amide bonds. The van der Waals surface area contributed by atoms with Gasteiger partial charge >= 0.3 is 6.18 Å². The quantitative estimate of drug-likeness (QED) is 0.871. The second-order valence-corrected chi connectivity index (χ2v) is 5.59. The molecule has 0 saturated carbocycles. The van der Waals surface area contributed by atoms with Gasteiger partial charge in [0.1, 0.15) is 0 Å². The summed E-state index contributed by atoms with van der Waals surface area (Å²) in [5.74, 6) is -1.08. The van der Waals surface area contributed by atoms with E-state index in [1.165, 1.54) is 30.0 Å². The van der Waals surface area contributed by atoms with E-state index in [2.05, 4.69) is 5.32 Å². The van der Waals surface area contributed by atoms with E-state index in [0.717, 1.165) is 12.1 Å². The molecule has 2 rings (SSSR count). The lowest BCUT2D eigenvalue weighted by molar-refractivity contribution is -0.267. The Bertz CT molecular complexity index is 585. The Hall–Kier alpha value is -2.09. The summed E-state index contributed by atoms with van der Waals surface area (Å²) in [5, 5.41) is 12.5. The molecule has 1 aliphatic heterocycles. The van der Waals surface area contributed by atoms with Gasteiger partial charge in [0.05, 0.1) is 12.5 Å². The topological polar surface area (TPSA) is 69.6 Å². The Labute approximate surface area is 131 Å². The number of hydrogen-bond acceptors (Lipinski definition) is 3. The summed E-state index contributed by atoms with van der Waals surface area (Å²) >= 11 is 0. The minimum atomic E-state index is -4.99. The highest BCUT2D eigenvalue weighted by Crippen LogP contribution is 2.41. The van der Waals surface area contributed by atoms with E-state index >= 15 is 0 Å². The van der Waals surface area contributed by atoms with Gasteiger partial charge in [-0.2, -0.15) is 13.2 Å². The van der Waals surface area contributed by atoms with Crippen LogP contribution in [0.5, 0.6) is 0 Å². The van der Waals surface area contributed by atoms with Crippen molar-refractivity contribution in [2.24, 2.45) is 0 Å². The number of hydrogen-bond donors (Lipinski definition) is 2. The average Bonchev–Trinajstić information content (AvgIpc) is 2.41. The summed E-state index contributed by atoms with van der Waals surface area (Å²) < 4.78 is 39.8. The molecule has 8 heteroatoms. The highest BCUT2D eigenvalue weighted by atomic mass is 19.4. The maximum absolute atomic E-state index is 13.3. The van der Waals surface area contributed by atoms with Crippen molar-refractivity contribution in [1.82, 2.24) is 10.2 Å². The fourth-order valence-electron chi connectivity index (χ4n) is 2.42. The summed E-state index contributed by atoms with van der Waals surface area (Å²) in [6, 6.07) is 6.11. The van der Waals surface area contributed by atoms with E-state index in [1.54, 1.807) is 0 Å². The average molecular weight is 330 g/mol. The van der Waals surface area contributed by atoms with Crippen molar-refractivity contribution in [1.29, 1.82) is 0 Å². The van der Waals surface area contributed by atoms with Gasteiger partial charge in [-0.3, -0.25) is 9.59 Å². The predicted molar refractivity (Wildman–Crippen MR) is 75.2 cm³/mol. The fraction of sp³-hybridized carbons (Fsp3) is 0.467. The van der Waals surface area contributed by atoms with Crippen molar-refractivity contribution in [2.45, 2.75) is 31.2 Å². The maximum Gasteiger partial charge on any atom is 0.421 e. The molecular weight excluding hydrogens is 313 g/mol. The van der Waals surface area contributed by atoms with Crippen LogP contribution in [0.15, 0.2) is 30.3 Å². The van der Waals surface area contributed by atoms with Crippen molar-refractivity contribution in [3.63, 3.8) is 0 Å². The number of amides is 2. The lowest BCUT2D eigenvalue weighted by Crippen LogP contribution is -2.61. The van der Waals surface area contributed by atoms with Crippen LogP contribution in [0.25, 0.3) is 0 Å². The summed E-state index contributed by atoms with van der Waals surface area (Å²) in [4.78, 5) is 24.4. The minimum absolute atomic E-state index is 0.161. The van der Waals surface area contributed by atoms with Crippen LogP contribution in [0, 0.1) is 0 Å². The minimum Gasteiger partial charge on any atom is -0.376 e. The number of carbonyl (C=O) groups excluding carboxylic acids is 2. The molecule has 126 valence electrons. The number of aliphatic hydroxyl groups is 1. The number of alkyl halides is 3. The van der Waals surface area contributed by atoms with Crippen LogP contribution in [0.4, 0.5) is 13.2 Å². The Kier molecular flexibility index (Phi) is 4.65. The van der Waals surface area contributed by atoms with Gasteiger partial charge in [0, 0.05) is 20.0 Å². The number of carbonyl (C=O) groups is 2. The number of halogens is 3. The summed E-state index contributed by atoms with van der Waals surface area (Å²) in [7, 11) is 0. The van der Waals surface area contributed by atoms with Crippen LogP contribution < -0.4 is 5.32 Å². The molecule has 1 aromatic rings. The molecule has 1 aromatic carbocycles. The van der Waals surface area contributed by atoms with Crippen LogP contribution in [-0.2, 0) is 15.2 Å². The SMILES string of the molecule is CC(=O)N1CC(NC(=O)C[C@@](O)(c2ccccc2)C(F)(F)F)C1. The molecule has 0 bridgehead atoms. The van der Waals surface area contributed by atoms with E-state index < -0.39 is 24.1 Å². The number of benzene rings is 1. The van der Waals surface area contributed by atoms with Crippen molar-refractivity contribution < 1.29 is 27.9 Å². The molecule has 2 N–H and O–H groups in total. The molecular formula is C15H17F3N2O3. The van der Waals surface area contributed by atoms with E-state index in [1.807, 2.05) is 0 Å². The lowest BCUT2D eigenvalue weighted by Gasteiger charge is -2.39. The predicted octanol–water partition coefficient (Wildman–Crippen LogP) is 1.17. The van der Waals surface area contributed by atoms with Crippen molar-refractivity contribution >= 4 is 11.8 Å². The third-order valence-corrected chi connectivity index (χ3v) is 3.83. The Morgan fingerprint density at radius 2 is 1.83 bits per heavy atom. The van der Waals surface area contributed by atoms with Gasteiger partial charge in [-0.15, -0.1) is 0 Å². The standard InChI is InChI=1S/C15H17F3N2O3/c1-10(21)20-8-12(9-20)19-13(22)7-14(23,15(16,17)18)11-5-3-2-4-6-11/h2-6,12,23H,7-9H2,1H3,(H,19,22)/t14-/m1/s1. The van der Waals surface area contributed by atoms with Gasteiger partial charge in [-0.05, 0) is 5.56 Å². The molecule has 0 aromatic heterocycles. The third-order valence-electron chi connectivity index (χ3n) is 3.83. The molecule has 5 nitrogen and oxygen atoms in total. The molecule has 23 heavy (non-hydrogen) atoms. The Balaban J connectivity index is 2.05. The van der Waals surface area contributed by atoms with Gasteiger partial charge < -0.3 is 15.3 Å². The maximum atomic E-state index is 13.3. The summed E-state index contributed by atoms with van der Waals surface area (Å²) in [5.41, 5.74) is -3.64. The van der Waals surface area contributed by atoms with Crippen LogP contribution in [0.2, 0.25) is 0 Å². The van der Waals surface area contributed by atoms with E-state index in [4.69, 9.17) is 0 Å². The van der Waals surface area contributed by atoms with Gasteiger partial charge in [-0.1, -0.05) is 30.3 Å². The fourth-order valence-corrected chi connectivity index (χ4v) is 2.42. The first-order valence-electron chi connectivity index (χ1n) is 7.03. The van der Waals surface area contributed by atoms with Crippen molar-refractivity contribution in [3.05, 3.63) is 35.9 Å². The van der Waals surface area contributed by atoms with Gasteiger partial charge in [0.15, 0.2) is 5.60 Å². The largest absolute Gasteiger partial charge is 0.421 e. The van der Waals surface area contributed by atoms with Crippen LogP contribution in [0.1, 0.15) is 18.9 Å². The number of nitrogens with zero attached hydrogens (tertiary/aromatic N) is 1. The molecule has 0 radical (unpaired) electrons. The van der Waals surface area contributed by atoms with Crippen LogP contribution in [-0.4, -0.2) is 47.1 Å². The first-order valence-corrected chi connectivity index (χ1v) is 7.03. The Morgan fingerprint density at radius 1 is 1.26 bits per heavy atom. The first kappa shape index (κ1) is 17.3. The van der Waals surface area contributed by atoms with E-state index in [9.17, 15) is 27.9 Å². The van der Waals surface area contributed by atoms with Crippen LogP contribution >= 0.6 is 0 Å². The zero-order valence-corrected chi connectivity index (χ0v) is 12.4. The molecule has 1 atom stereocenters. The number of rotatable bonds is 4.